The van der Waals surface area contributed by atoms with Gasteiger partial charge in [-0.25, -0.2) is 0 Å². The van der Waals surface area contributed by atoms with Crippen LogP contribution in [0.25, 0.3) is 0 Å². The van der Waals surface area contributed by atoms with Crippen molar-refractivity contribution in [1.29, 1.82) is 0 Å². The summed E-state index contributed by atoms with van der Waals surface area (Å²) in [4.78, 5) is 12.6. The molecular formula is C15H14F2N2OS. The van der Waals surface area contributed by atoms with Crippen LogP contribution < -0.4 is 11.1 Å². The quantitative estimate of drug-likeness (QED) is 0.659. The summed E-state index contributed by atoms with van der Waals surface area (Å²) in [6.07, 6.45) is 0. The fraction of sp³-hybridized carbons (Fsp3) is 0.133. The second kappa shape index (κ2) is 6.58. The Morgan fingerprint density at radius 3 is 2.48 bits per heavy atom. The number of nitrogen functional groups attached to an aromatic ring is 1. The zero-order chi connectivity index (χ0) is 15.4. The Balaban J connectivity index is 2.11. The molecule has 21 heavy (non-hydrogen) atoms. The summed E-state index contributed by atoms with van der Waals surface area (Å²) in [5, 5.41) is 2.72. The van der Waals surface area contributed by atoms with Crippen LogP contribution in [0, 0.1) is 6.92 Å². The van der Waals surface area contributed by atoms with Gasteiger partial charge in [-0.2, -0.15) is 8.78 Å². The Morgan fingerprint density at radius 1 is 1.19 bits per heavy atom. The van der Waals surface area contributed by atoms with E-state index >= 15 is 0 Å². The van der Waals surface area contributed by atoms with Crippen LogP contribution in [-0.2, 0) is 0 Å². The lowest BCUT2D eigenvalue weighted by Crippen LogP contribution is -2.14. The number of carbonyl (C=O) groups excluding carboxylic acids is 1. The Morgan fingerprint density at radius 2 is 1.86 bits per heavy atom. The molecule has 0 fully saturated rings. The van der Waals surface area contributed by atoms with Crippen LogP contribution in [0.5, 0.6) is 0 Å². The molecule has 6 heteroatoms. The summed E-state index contributed by atoms with van der Waals surface area (Å²) in [6.45, 7) is 1.77. The lowest BCUT2D eigenvalue weighted by molar-refractivity contribution is 0.102. The standard InChI is InChI=1S/C15H14F2N2OS/c1-9-12(3-2-4-13(9)18)14(20)19-10-5-7-11(8-6-10)21-15(16)17/h2-8,15H,18H2,1H3,(H,19,20). The topological polar surface area (TPSA) is 55.1 Å². The third-order valence-electron chi connectivity index (χ3n) is 2.96. The van der Waals surface area contributed by atoms with E-state index in [9.17, 15) is 13.6 Å². The Bertz CT molecular complexity index is 645. The summed E-state index contributed by atoms with van der Waals surface area (Å²) >= 11 is 0.464. The van der Waals surface area contributed by atoms with Crippen molar-refractivity contribution in [1.82, 2.24) is 0 Å². The van der Waals surface area contributed by atoms with E-state index in [1.54, 1.807) is 49.4 Å². The van der Waals surface area contributed by atoms with Crippen molar-refractivity contribution in [3.63, 3.8) is 0 Å². The molecule has 3 N–H and O–H groups in total. The third-order valence-corrected chi connectivity index (χ3v) is 3.68. The van der Waals surface area contributed by atoms with Crippen LogP contribution in [0.1, 0.15) is 15.9 Å². The van der Waals surface area contributed by atoms with Crippen molar-refractivity contribution >= 4 is 29.0 Å². The second-order valence-corrected chi connectivity index (χ2v) is 5.44. The van der Waals surface area contributed by atoms with Gasteiger partial charge in [0.1, 0.15) is 0 Å². The monoisotopic (exact) mass is 308 g/mol. The van der Waals surface area contributed by atoms with E-state index in [2.05, 4.69) is 5.32 Å². The number of carbonyl (C=O) groups is 1. The number of rotatable bonds is 4. The van der Waals surface area contributed by atoms with Gasteiger partial charge in [0.25, 0.3) is 11.7 Å². The number of nitrogens with one attached hydrogen (secondary N) is 1. The molecule has 2 aromatic carbocycles. The summed E-state index contributed by atoms with van der Waals surface area (Å²) in [5.41, 5.74) is 8.05. The zero-order valence-corrected chi connectivity index (χ0v) is 12.1. The number of benzene rings is 2. The average molecular weight is 308 g/mol. The van der Waals surface area contributed by atoms with Gasteiger partial charge in [0, 0.05) is 21.8 Å². The molecule has 110 valence electrons. The van der Waals surface area contributed by atoms with Crippen molar-refractivity contribution in [3.8, 4) is 0 Å². The summed E-state index contributed by atoms with van der Waals surface area (Å²) in [6, 6.07) is 11.4. The van der Waals surface area contributed by atoms with E-state index < -0.39 is 5.76 Å². The fourth-order valence-corrected chi connectivity index (χ4v) is 2.32. The van der Waals surface area contributed by atoms with Gasteiger partial charge < -0.3 is 11.1 Å². The van der Waals surface area contributed by atoms with Gasteiger partial charge in [0.15, 0.2) is 0 Å². The third kappa shape index (κ3) is 3.95. The molecule has 0 unspecified atom stereocenters. The predicted octanol–water partition coefficient (Wildman–Crippen LogP) is 4.14. The number of nitrogens with two attached hydrogens (primary N) is 1. The van der Waals surface area contributed by atoms with Crippen LogP contribution >= 0.6 is 11.8 Å². The summed E-state index contributed by atoms with van der Waals surface area (Å²) < 4.78 is 24.4. The van der Waals surface area contributed by atoms with Crippen molar-refractivity contribution in [2.75, 3.05) is 11.1 Å². The number of alkyl halides is 2. The van der Waals surface area contributed by atoms with Crippen molar-refractivity contribution in [2.24, 2.45) is 0 Å². The van der Waals surface area contributed by atoms with Crippen LogP contribution in [-0.4, -0.2) is 11.7 Å². The molecule has 0 atom stereocenters. The molecule has 0 aliphatic rings. The van der Waals surface area contributed by atoms with Gasteiger partial charge in [-0.1, -0.05) is 17.8 Å². The van der Waals surface area contributed by atoms with Crippen LogP contribution in [0.15, 0.2) is 47.4 Å². The molecule has 1 amide bonds. The minimum absolute atomic E-state index is 0.283. The maximum Gasteiger partial charge on any atom is 0.288 e. The molecule has 0 bridgehead atoms. The first-order valence-corrected chi connectivity index (χ1v) is 7.06. The lowest BCUT2D eigenvalue weighted by atomic mass is 10.1. The second-order valence-electron chi connectivity index (χ2n) is 4.38. The summed E-state index contributed by atoms with van der Waals surface area (Å²) in [7, 11) is 0. The number of anilines is 2. The lowest BCUT2D eigenvalue weighted by Gasteiger charge is -2.09. The molecule has 0 radical (unpaired) electrons. The van der Waals surface area contributed by atoms with E-state index in [1.807, 2.05) is 0 Å². The minimum atomic E-state index is -2.46. The molecule has 0 aliphatic heterocycles. The first-order valence-electron chi connectivity index (χ1n) is 6.18. The van der Waals surface area contributed by atoms with Gasteiger partial charge in [-0.05, 0) is 48.9 Å². The van der Waals surface area contributed by atoms with E-state index in [1.165, 1.54) is 0 Å². The molecule has 3 nitrogen and oxygen atoms in total. The maximum absolute atomic E-state index is 12.2. The minimum Gasteiger partial charge on any atom is -0.398 e. The number of amides is 1. The Labute approximate surface area is 125 Å². The van der Waals surface area contributed by atoms with Crippen LogP contribution in [0.3, 0.4) is 0 Å². The highest BCUT2D eigenvalue weighted by Gasteiger charge is 2.11. The van der Waals surface area contributed by atoms with E-state index in [0.29, 0.717) is 39.2 Å². The molecule has 0 spiro atoms. The Kier molecular flexibility index (Phi) is 4.80. The van der Waals surface area contributed by atoms with Crippen molar-refractivity contribution < 1.29 is 13.6 Å². The molecule has 0 saturated heterocycles. The fourth-order valence-electron chi connectivity index (χ4n) is 1.82. The molecule has 0 aromatic heterocycles. The number of hydrogen-bond donors (Lipinski definition) is 2. The van der Waals surface area contributed by atoms with Gasteiger partial charge >= 0.3 is 0 Å². The molecule has 2 rings (SSSR count). The van der Waals surface area contributed by atoms with Crippen molar-refractivity contribution in [2.45, 2.75) is 17.6 Å². The first kappa shape index (κ1) is 15.3. The van der Waals surface area contributed by atoms with E-state index in [-0.39, 0.29) is 5.91 Å². The number of halogens is 2. The highest BCUT2D eigenvalue weighted by atomic mass is 32.2. The summed E-state index contributed by atoms with van der Waals surface area (Å²) in [5.74, 6) is -2.74. The number of hydrogen-bond acceptors (Lipinski definition) is 3. The number of thioether (sulfide) groups is 1. The van der Waals surface area contributed by atoms with E-state index in [0.717, 1.165) is 0 Å². The molecular weight excluding hydrogens is 294 g/mol. The normalized spacial score (nSPS) is 10.7. The highest BCUT2D eigenvalue weighted by molar-refractivity contribution is 7.99. The SMILES string of the molecule is Cc1c(N)cccc1C(=O)Nc1ccc(SC(F)F)cc1. The van der Waals surface area contributed by atoms with Crippen LogP contribution in [0.4, 0.5) is 20.2 Å². The molecule has 0 heterocycles. The average Bonchev–Trinajstić information content (AvgIpc) is 2.43. The largest absolute Gasteiger partial charge is 0.398 e. The van der Waals surface area contributed by atoms with Crippen molar-refractivity contribution in [3.05, 3.63) is 53.6 Å². The molecule has 0 saturated carbocycles. The van der Waals surface area contributed by atoms with E-state index in [4.69, 9.17) is 5.73 Å². The Hall–Kier alpha value is -2.08. The van der Waals surface area contributed by atoms with Crippen LogP contribution in [0.2, 0.25) is 0 Å². The van der Waals surface area contributed by atoms with Gasteiger partial charge in [0.2, 0.25) is 0 Å². The zero-order valence-electron chi connectivity index (χ0n) is 11.3. The smallest absolute Gasteiger partial charge is 0.288 e. The maximum atomic E-state index is 12.2. The molecule has 0 aliphatic carbocycles. The first-order chi connectivity index (χ1) is 9.97. The van der Waals surface area contributed by atoms with Gasteiger partial charge in [0.05, 0.1) is 0 Å². The molecule has 2 aromatic rings. The van der Waals surface area contributed by atoms with Gasteiger partial charge in [-0.3, -0.25) is 4.79 Å². The highest BCUT2D eigenvalue weighted by Crippen LogP contribution is 2.26. The predicted molar refractivity (Wildman–Crippen MR) is 81.8 cm³/mol. The van der Waals surface area contributed by atoms with Gasteiger partial charge in [-0.15, -0.1) is 0 Å².